The van der Waals surface area contributed by atoms with E-state index in [2.05, 4.69) is 85.5 Å². The third-order valence-corrected chi connectivity index (χ3v) is 5.63. The largest absolute Gasteiger partial charge is 0.352 e. The molecule has 0 spiro atoms. The molecule has 0 saturated carbocycles. The second-order valence-electron chi connectivity index (χ2n) is 8.37. The molecule has 0 bridgehead atoms. The first kappa shape index (κ1) is 22.8. The predicted molar refractivity (Wildman–Crippen MR) is 127 cm³/mol. The number of aromatic nitrogens is 2. The molecule has 164 valence electrons. The topological polar surface area (TPSA) is 50.2 Å². The first-order chi connectivity index (χ1) is 14.9. The predicted octanol–water partition coefficient (Wildman–Crippen LogP) is 4.69. The molecule has 3 rings (SSSR count). The number of nitrogens with one attached hydrogen (secondary N) is 1. The van der Waals surface area contributed by atoms with Crippen LogP contribution in [0.5, 0.6) is 0 Å². The van der Waals surface area contributed by atoms with Crippen molar-refractivity contribution in [2.24, 2.45) is 0 Å². The summed E-state index contributed by atoms with van der Waals surface area (Å²) in [4.78, 5) is 14.9. The molecular weight excluding hydrogens is 384 g/mol. The third-order valence-electron chi connectivity index (χ3n) is 5.63. The van der Waals surface area contributed by atoms with Gasteiger partial charge in [-0.1, -0.05) is 31.2 Å². The molecular formula is C26H34N4O. The molecule has 3 aromatic rings. The van der Waals surface area contributed by atoms with Crippen molar-refractivity contribution < 1.29 is 4.79 Å². The summed E-state index contributed by atoms with van der Waals surface area (Å²) in [5.41, 5.74) is 6.31. The van der Waals surface area contributed by atoms with E-state index in [1.165, 1.54) is 11.1 Å². The number of hydrogen-bond donors (Lipinski definition) is 1. The fraction of sp³-hybridized carbons (Fsp3) is 0.385. The highest BCUT2D eigenvalue weighted by molar-refractivity contribution is 5.94. The number of rotatable bonds is 9. The molecule has 0 atom stereocenters. The molecule has 0 aliphatic carbocycles. The van der Waals surface area contributed by atoms with Gasteiger partial charge in [-0.25, -0.2) is 4.68 Å². The number of carbonyl (C=O) groups excluding carboxylic acids is 1. The zero-order chi connectivity index (χ0) is 22.4. The summed E-state index contributed by atoms with van der Waals surface area (Å²) in [5.74, 6) is -0.0259. The zero-order valence-electron chi connectivity index (χ0n) is 19.4. The fourth-order valence-corrected chi connectivity index (χ4v) is 3.77. The smallest absolute Gasteiger partial charge is 0.251 e. The summed E-state index contributed by atoms with van der Waals surface area (Å²) >= 11 is 0. The van der Waals surface area contributed by atoms with E-state index in [0.29, 0.717) is 18.2 Å². The maximum absolute atomic E-state index is 12.5. The van der Waals surface area contributed by atoms with Crippen molar-refractivity contribution in [3.63, 3.8) is 0 Å². The highest BCUT2D eigenvalue weighted by atomic mass is 16.1. The van der Waals surface area contributed by atoms with Crippen LogP contribution < -0.4 is 5.32 Å². The number of nitrogens with zero attached hydrogens (tertiary/aromatic N) is 3. The van der Waals surface area contributed by atoms with Crippen LogP contribution in [0.1, 0.15) is 53.6 Å². The maximum atomic E-state index is 12.5. The second kappa shape index (κ2) is 10.4. The van der Waals surface area contributed by atoms with Crippen molar-refractivity contribution in [3.8, 4) is 5.69 Å². The van der Waals surface area contributed by atoms with Gasteiger partial charge in [-0.2, -0.15) is 5.10 Å². The minimum atomic E-state index is -0.0259. The minimum Gasteiger partial charge on any atom is -0.352 e. The molecule has 0 radical (unpaired) electrons. The van der Waals surface area contributed by atoms with Gasteiger partial charge in [0.1, 0.15) is 0 Å². The molecule has 1 aromatic heterocycles. The van der Waals surface area contributed by atoms with Gasteiger partial charge in [0, 0.05) is 30.4 Å². The lowest BCUT2D eigenvalue weighted by Gasteiger charge is -2.24. The zero-order valence-corrected chi connectivity index (χ0v) is 19.4. The summed E-state index contributed by atoms with van der Waals surface area (Å²) in [6, 6.07) is 18.9. The van der Waals surface area contributed by atoms with Gasteiger partial charge in [-0.05, 0) is 82.1 Å². The Balaban J connectivity index is 1.50. The molecule has 0 aliphatic heterocycles. The number of aryl methyl sites for hydroxylation is 2. The SMILES string of the molecule is CCN(Cc1ccc(C(=O)NCCc2ccc(-n3nc(C)cc3C)cc2)cc1)C(C)C. The summed E-state index contributed by atoms with van der Waals surface area (Å²) < 4.78 is 1.95. The summed E-state index contributed by atoms with van der Waals surface area (Å²) in [5, 5.41) is 7.55. The molecule has 2 aromatic carbocycles. The van der Waals surface area contributed by atoms with Crippen LogP contribution in [0.4, 0.5) is 0 Å². The lowest BCUT2D eigenvalue weighted by molar-refractivity contribution is 0.0954. The quantitative estimate of drug-likeness (QED) is 0.548. The number of benzene rings is 2. The van der Waals surface area contributed by atoms with Crippen LogP contribution in [0.3, 0.4) is 0 Å². The minimum absolute atomic E-state index is 0.0259. The van der Waals surface area contributed by atoms with Crippen molar-refractivity contribution in [3.05, 3.63) is 82.7 Å². The Hall–Kier alpha value is -2.92. The van der Waals surface area contributed by atoms with Gasteiger partial charge >= 0.3 is 0 Å². The van der Waals surface area contributed by atoms with E-state index in [4.69, 9.17) is 0 Å². The van der Waals surface area contributed by atoms with Crippen molar-refractivity contribution in [2.45, 2.75) is 53.6 Å². The number of amides is 1. The Bertz CT molecular complexity index is 987. The second-order valence-corrected chi connectivity index (χ2v) is 8.37. The molecule has 0 unspecified atom stereocenters. The molecule has 1 heterocycles. The van der Waals surface area contributed by atoms with Crippen LogP contribution in [0.2, 0.25) is 0 Å². The van der Waals surface area contributed by atoms with E-state index in [0.717, 1.165) is 36.6 Å². The lowest BCUT2D eigenvalue weighted by atomic mass is 10.1. The van der Waals surface area contributed by atoms with Gasteiger partial charge < -0.3 is 5.32 Å². The van der Waals surface area contributed by atoms with Gasteiger partial charge in [-0.3, -0.25) is 9.69 Å². The summed E-state index contributed by atoms with van der Waals surface area (Å²) in [6.07, 6.45) is 0.793. The Labute approximate surface area is 186 Å². The molecule has 5 nitrogen and oxygen atoms in total. The number of carbonyl (C=O) groups is 1. The molecule has 1 amide bonds. The van der Waals surface area contributed by atoms with Gasteiger partial charge in [-0.15, -0.1) is 0 Å². The normalized spacial score (nSPS) is 11.3. The summed E-state index contributed by atoms with van der Waals surface area (Å²) in [6.45, 7) is 13.2. The van der Waals surface area contributed by atoms with E-state index in [1.54, 1.807) is 0 Å². The van der Waals surface area contributed by atoms with Crippen LogP contribution in [-0.4, -0.2) is 39.7 Å². The molecule has 1 N–H and O–H groups in total. The van der Waals surface area contributed by atoms with E-state index >= 15 is 0 Å². The number of hydrogen-bond acceptors (Lipinski definition) is 3. The summed E-state index contributed by atoms with van der Waals surface area (Å²) in [7, 11) is 0. The first-order valence-electron chi connectivity index (χ1n) is 11.1. The van der Waals surface area contributed by atoms with E-state index in [9.17, 15) is 4.79 Å². The van der Waals surface area contributed by atoms with Crippen molar-refractivity contribution in [1.82, 2.24) is 20.0 Å². The van der Waals surface area contributed by atoms with E-state index in [1.807, 2.05) is 23.7 Å². The van der Waals surface area contributed by atoms with Crippen LogP contribution in [-0.2, 0) is 13.0 Å². The standard InChI is InChI=1S/C26H34N4O/c1-6-29(19(2)3)18-23-7-11-24(12-8-23)26(31)27-16-15-22-9-13-25(14-10-22)30-21(5)17-20(4)28-30/h7-14,17,19H,6,15-16,18H2,1-5H3,(H,27,31). The highest BCUT2D eigenvalue weighted by Gasteiger charge is 2.09. The van der Waals surface area contributed by atoms with Crippen LogP contribution in [0.15, 0.2) is 54.6 Å². The molecule has 0 aliphatic rings. The van der Waals surface area contributed by atoms with E-state index < -0.39 is 0 Å². The first-order valence-corrected chi connectivity index (χ1v) is 11.1. The Morgan fingerprint density at radius 3 is 2.23 bits per heavy atom. The van der Waals surface area contributed by atoms with Crippen LogP contribution >= 0.6 is 0 Å². The van der Waals surface area contributed by atoms with Gasteiger partial charge in [0.25, 0.3) is 5.91 Å². The van der Waals surface area contributed by atoms with Crippen molar-refractivity contribution >= 4 is 5.91 Å². The average Bonchev–Trinajstić information content (AvgIpc) is 3.10. The van der Waals surface area contributed by atoms with Crippen molar-refractivity contribution in [2.75, 3.05) is 13.1 Å². The van der Waals surface area contributed by atoms with Crippen molar-refractivity contribution in [1.29, 1.82) is 0 Å². The molecule has 0 saturated heterocycles. The third kappa shape index (κ3) is 6.05. The Kier molecular flexibility index (Phi) is 7.64. The average molecular weight is 419 g/mol. The molecule has 0 fully saturated rings. The highest BCUT2D eigenvalue weighted by Crippen LogP contribution is 2.14. The molecule has 31 heavy (non-hydrogen) atoms. The monoisotopic (exact) mass is 418 g/mol. The fourth-order valence-electron chi connectivity index (χ4n) is 3.77. The Morgan fingerprint density at radius 2 is 1.68 bits per heavy atom. The van der Waals surface area contributed by atoms with Gasteiger partial charge in [0.2, 0.25) is 0 Å². The van der Waals surface area contributed by atoms with Gasteiger partial charge in [0.15, 0.2) is 0 Å². The molecule has 5 heteroatoms. The lowest BCUT2D eigenvalue weighted by Crippen LogP contribution is -2.30. The van der Waals surface area contributed by atoms with E-state index in [-0.39, 0.29) is 5.91 Å². The van der Waals surface area contributed by atoms with Crippen LogP contribution in [0.25, 0.3) is 5.69 Å². The Morgan fingerprint density at radius 1 is 1.03 bits per heavy atom. The van der Waals surface area contributed by atoms with Crippen LogP contribution in [0, 0.1) is 13.8 Å². The van der Waals surface area contributed by atoms with Gasteiger partial charge in [0.05, 0.1) is 11.4 Å². The maximum Gasteiger partial charge on any atom is 0.251 e.